The lowest BCUT2D eigenvalue weighted by Crippen LogP contribution is -2.44. The van der Waals surface area contributed by atoms with E-state index in [1.165, 1.54) is 35.0 Å². The molecule has 10 heteroatoms. The van der Waals surface area contributed by atoms with Gasteiger partial charge in [0.05, 0.1) is 12.3 Å². The highest BCUT2D eigenvalue weighted by Gasteiger charge is 2.28. The minimum absolute atomic E-state index is 0.104. The SMILES string of the molecule is Cc1nnnn1-c1cc(NC(=O)C2CCCN(C(=O)Cc3ccc(F)cc3)C2)ccc1F. The number of piperidine rings is 1. The third kappa shape index (κ3) is 4.79. The number of nitrogens with zero attached hydrogens (tertiary/aromatic N) is 5. The molecule has 32 heavy (non-hydrogen) atoms. The third-order valence-corrected chi connectivity index (χ3v) is 5.48. The van der Waals surface area contributed by atoms with Crippen LogP contribution >= 0.6 is 0 Å². The number of halogens is 2. The molecule has 0 aliphatic carbocycles. The first-order chi connectivity index (χ1) is 15.4. The molecule has 1 fully saturated rings. The van der Waals surface area contributed by atoms with Crippen LogP contribution in [0.3, 0.4) is 0 Å². The number of hydrogen-bond acceptors (Lipinski definition) is 5. The molecule has 2 amide bonds. The van der Waals surface area contributed by atoms with Crippen LogP contribution in [0.1, 0.15) is 24.2 Å². The van der Waals surface area contributed by atoms with Crippen LogP contribution in [0, 0.1) is 24.5 Å². The maximum Gasteiger partial charge on any atom is 0.229 e. The zero-order chi connectivity index (χ0) is 22.7. The Hall–Kier alpha value is -3.69. The second kappa shape index (κ2) is 9.21. The Morgan fingerprint density at radius 3 is 2.66 bits per heavy atom. The molecule has 0 bridgehead atoms. The second-order valence-corrected chi connectivity index (χ2v) is 7.78. The molecule has 1 aromatic heterocycles. The van der Waals surface area contributed by atoms with Crippen LogP contribution in [-0.4, -0.2) is 50.0 Å². The molecule has 1 atom stereocenters. The first-order valence-electron chi connectivity index (χ1n) is 10.3. The summed E-state index contributed by atoms with van der Waals surface area (Å²) in [6.07, 6.45) is 1.50. The maximum absolute atomic E-state index is 14.3. The average molecular weight is 440 g/mol. The molecule has 4 rings (SSSR count). The summed E-state index contributed by atoms with van der Waals surface area (Å²) in [7, 11) is 0. The van der Waals surface area contributed by atoms with E-state index in [-0.39, 0.29) is 35.7 Å². The van der Waals surface area contributed by atoms with E-state index < -0.39 is 5.82 Å². The average Bonchev–Trinajstić information content (AvgIpc) is 3.22. The fourth-order valence-electron chi connectivity index (χ4n) is 3.76. The van der Waals surface area contributed by atoms with Gasteiger partial charge in [-0.25, -0.2) is 8.78 Å². The lowest BCUT2D eigenvalue weighted by atomic mass is 9.96. The molecule has 1 unspecified atom stereocenters. The van der Waals surface area contributed by atoms with Gasteiger partial charge in [0.15, 0.2) is 5.82 Å². The number of carbonyl (C=O) groups is 2. The fourth-order valence-corrected chi connectivity index (χ4v) is 3.76. The number of likely N-dealkylation sites (tertiary alicyclic amines) is 1. The van der Waals surface area contributed by atoms with Gasteiger partial charge in [0.2, 0.25) is 11.8 Å². The van der Waals surface area contributed by atoms with Gasteiger partial charge in [0.1, 0.15) is 17.3 Å². The molecule has 166 valence electrons. The van der Waals surface area contributed by atoms with Gasteiger partial charge in [0.25, 0.3) is 0 Å². The fraction of sp³-hybridized carbons (Fsp3) is 0.318. The number of aromatic nitrogens is 4. The van der Waals surface area contributed by atoms with Gasteiger partial charge in [-0.1, -0.05) is 12.1 Å². The molecule has 1 saturated heterocycles. The van der Waals surface area contributed by atoms with Gasteiger partial charge in [-0.3, -0.25) is 9.59 Å². The van der Waals surface area contributed by atoms with E-state index in [0.29, 0.717) is 37.4 Å². The van der Waals surface area contributed by atoms with Crippen molar-refractivity contribution in [1.29, 1.82) is 0 Å². The van der Waals surface area contributed by atoms with Crippen molar-refractivity contribution in [2.75, 3.05) is 18.4 Å². The van der Waals surface area contributed by atoms with Crippen LogP contribution in [0.15, 0.2) is 42.5 Å². The van der Waals surface area contributed by atoms with Gasteiger partial charge in [0, 0.05) is 18.8 Å². The van der Waals surface area contributed by atoms with E-state index in [9.17, 15) is 18.4 Å². The molecule has 0 radical (unpaired) electrons. The van der Waals surface area contributed by atoms with E-state index >= 15 is 0 Å². The van der Waals surface area contributed by atoms with Crippen molar-refractivity contribution in [2.45, 2.75) is 26.2 Å². The molecule has 3 aromatic rings. The topological polar surface area (TPSA) is 93.0 Å². The van der Waals surface area contributed by atoms with E-state index in [2.05, 4.69) is 20.8 Å². The molecule has 0 saturated carbocycles. The van der Waals surface area contributed by atoms with E-state index in [1.54, 1.807) is 24.0 Å². The van der Waals surface area contributed by atoms with Crippen LogP contribution in [-0.2, 0) is 16.0 Å². The van der Waals surface area contributed by atoms with Crippen molar-refractivity contribution in [1.82, 2.24) is 25.1 Å². The number of anilines is 1. The number of aryl methyl sites for hydroxylation is 1. The van der Waals surface area contributed by atoms with Crippen molar-refractivity contribution >= 4 is 17.5 Å². The Balaban J connectivity index is 1.41. The van der Waals surface area contributed by atoms with Crippen molar-refractivity contribution in [2.24, 2.45) is 5.92 Å². The Morgan fingerprint density at radius 2 is 1.94 bits per heavy atom. The molecule has 2 aromatic carbocycles. The highest BCUT2D eigenvalue weighted by atomic mass is 19.1. The van der Waals surface area contributed by atoms with Gasteiger partial charge in [-0.2, -0.15) is 4.68 Å². The third-order valence-electron chi connectivity index (χ3n) is 5.48. The van der Waals surface area contributed by atoms with E-state index in [0.717, 1.165) is 5.56 Å². The van der Waals surface area contributed by atoms with Crippen LogP contribution in [0.25, 0.3) is 5.69 Å². The summed E-state index contributed by atoms with van der Waals surface area (Å²) < 4.78 is 28.6. The number of nitrogens with one attached hydrogen (secondary N) is 1. The molecule has 2 heterocycles. The van der Waals surface area contributed by atoms with Crippen LogP contribution in [0.4, 0.5) is 14.5 Å². The largest absolute Gasteiger partial charge is 0.342 e. The van der Waals surface area contributed by atoms with Crippen molar-refractivity contribution < 1.29 is 18.4 Å². The van der Waals surface area contributed by atoms with E-state index in [1.807, 2.05) is 0 Å². The Morgan fingerprint density at radius 1 is 1.16 bits per heavy atom. The van der Waals surface area contributed by atoms with Crippen LogP contribution in [0.2, 0.25) is 0 Å². The number of hydrogen-bond donors (Lipinski definition) is 1. The summed E-state index contributed by atoms with van der Waals surface area (Å²) in [5.74, 6) is -1.19. The van der Waals surface area contributed by atoms with Gasteiger partial charge in [-0.15, -0.1) is 5.10 Å². The van der Waals surface area contributed by atoms with Crippen molar-refractivity contribution in [3.8, 4) is 5.69 Å². The standard InChI is InChI=1S/C22H22F2N6O2/c1-14-26-27-28-30(14)20-12-18(8-9-19(20)24)25-22(32)16-3-2-10-29(13-16)21(31)11-15-4-6-17(23)7-5-15/h4-9,12,16H,2-3,10-11,13H2,1H3,(H,25,32). The summed E-state index contributed by atoms with van der Waals surface area (Å²) in [6, 6.07) is 9.99. The first kappa shape index (κ1) is 21.5. The first-order valence-corrected chi connectivity index (χ1v) is 10.3. The summed E-state index contributed by atoms with van der Waals surface area (Å²) in [5, 5.41) is 13.8. The zero-order valence-corrected chi connectivity index (χ0v) is 17.5. The van der Waals surface area contributed by atoms with Crippen molar-refractivity contribution in [3.63, 3.8) is 0 Å². The normalized spacial score (nSPS) is 16.1. The summed E-state index contributed by atoms with van der Waals surface area (Å²) in [5.41, 5.74) is 1.26. The highest BCUT2D eigenvalue weighted by molar-refractivity contribution is 5.93. The summed E-state index contributed by atoms with van der Waals surface area (Å²) in [6.45, 7) is 2.51. The minimum atomic E-state index is -0.520. The zero-order valence-electron chi connectivity index (χ0n) is 17.5. The monoisotopic (exact) mass is 440 g/mol. The number of carbonyl (C=O) groups excluding carboxylic acids is 2. The summed E-state index contributed by atoms with van der Waals surface area (Å²) in [4.78, 5) is 27.2. The minimum Gasteiger partial charge on any atom is -0.342 e. The number of tetrazole rings is 1. The Bertz CT molecular complexity index is 1130. The Kier molecular flexibility index (Phi) is 6.20. The Labute approximate surface area is 183 Å². The lowest BCUT2D eigenvalue weighted by molar-refractivity contribution is -0.133. The molecule has 1 aliphatic heterocycles. The lowest BCUT2D eigenvalue weighted by Gasteiger charge is -2.32. The smallest absolute Gasteiger partial charge is 0.229 e. The second-order valence-electron chi connectivity index (χ2n) is 7.78. The number of rotatable bonds is 5. The maximum atomic E-state index is 14.3. The molecule has 1 N–H and O–H groups in total. The summed E-state index contributed by atoms with van der Waals surface area (Å²) >= 11 is 0. The van der Waals surface area contributed by atoms with Crippen molar-refractivity contribution in [3.05, 3.63) is 65.5 Å². The molecule has 8 nitrogen and oxygen atoms in total. The van der Waals surface area contributed by atoms with E-state index in [4.69, 9.17) is 0 Å². The van der Waals surface area contributed by atoms with Crippen LogP contribution in [0.5, 0.6) is 0 Å². The van der Waals surface area contributed by atoms with Gasteiger partial charge < -0.3 is 10.2 Å². The molecule has 0 spiro atoms. The molecule has 1 aliphatic rings. The van der Waals surface area contributed by atoms with Crippen LogP contribution < -0.4 is 5.32 Å². The highest BCUT2D eigenvalue weighted by Crippen LogP contribution is 2.22. The predicted octanol–water partition coefficient (Wildman–Crippen LogP) is 2.67. The number of benzene rings is 2. The quantitative estimate of drug-likeness (QED) is 0.659. The van der Waals surface area contributed by atoms with Gasteiger partial charge in [-0.05, 0) is 66.1 Å². The van der Waals surface area contributed by atoms with Gasteiger partial charge >= 0.3 is 0 Å². The number of amides is 2. The predicted molar refractivity (Wildman–Crippen MR) is 112 cm³/mol. The molecular weight excluding hydrogens is 418 g/mol. The molecular formula is C22H22F2N6O2.